The second kappa shape index (κ2) is 7.79. The van der Waals surface area contributed by atoms with Crippen LogP contribution in [-0.4, -0.2) is 24.7 Å². The zero-order chi connectivity index (χ0) is 18.8. The summed E-state index contributed by atoms with van der Waals surface area (Å²) in [7, 11) is 0. The fourth-order valence-electron chi connectivity index (χ4n) is 3.31. The first kappa shape index (κ1) is 18.1. The lowest BCUT2D eigenvalue weighted by atomic mass is 9.97. The summed E-state index contributed by atoms with van der Waals surface area (Å²) in [5.74, 6) is 1.63. The zero-order valence-electron chi connectivity index (χ0n) is 15.1. The van der Waals surface area contributed by atoms with E-state index in [2.05, 4.69) is 22.8 Å². The Morgan fingerprint density at radius 3 is 2.81 bits per heavy atom. The van der Waals surface area contributed by atoms with Crippen molar-refractivity contribution < 1.29 is 9.47 Å². The monoisotopic (exact) mass is 400 g/mol. The number of halogens is 1. The minimum absolute atomic E-state index is 0.628. The largest absolute Gasteiger partial charge is 0.490 e. The Morgan fingerprint density at radius 1 is 1.22 bits per heavy atom. The predicted molar refractivity (Wildman–Crippen MR) is 114 cm³/mol. The van der Waals surface area contributed by atoms with Gasteiger partial charge in [0.15, 0.2) is 11.5 Å². The first-order valence-electron chi connectivity index (χ1n) is 9.06. The predicted octanol–water partition coefficient (Wildman–Crippen LogP) is 4.74. The van der Waals surface area contributed by atoms with Crippen molar-refractivity contribution in [3.8, 4) is 11.5 Å². The maximum absolute atomic E-state index is 6.20. The minimum Gasteiger partial charge on any atom is -0.490 e. The van der Waals surface area contributed by atoms with E-state index in [4.69, 9.17) is 33.3 Å². The molecule has 2 aromatic carbocycles. The van der Waals surface area contributed by atoms with E-state index in [1.165, 1.54) is 5.56 Å². The van der Waals surface area contributed by atoms with Crippen LogP contribution in [0.15, 0.2) is 36.4 Å². The smallest absolute Gasteiger partial charge is 0.161 e. The summed E-state index contributed by atoms with van der Waals surface area (Å²) in [5, 5.41) is 7.45. The van der Waals surface area contributed by atoms with Crippen LogP contribution < -0.4 is 20.1 Å². The van der Waals surface area contributed by atoms with Crippen LogP contribution in [0.25, 0.3) is 5.70 Å². The molecule has 0 saturated heterocycles. The van der Waals surface area contributed by atoms with E-state index in [1.807, 2.05) is 31.2 Å². The van der Waals surface area contributed by atoms with Crippen LogP contribution >= 0.6 is 23.8 Å². The van der Waals surface area contributed by atoms with Gasteiger partial charge in [-0.1, -0.05) is 29.9 Å². The second-order valence-electron chi connectivity index (χ2n) is 6.64. The highest BCUT2D eigenvalue weighted by atomic mass is 35.5. The van der Waals surface area contributed by atoms with Crippen LogP contribution in [0.5, 0.6) is 11.5 Å². The molecule has 2 aliphatic heterocycles. The van der Waals surface area contributed by atoms with Gasteiger partial charge in [-0.05, 0) is 54.8 Å². The molecule has 0 amide bonds. The average molecular weight is 401 g/mol. The SMILES string of the molecule is Cc1c(Cl)cccc1NC(=S)C=C1NCCc2cc3c(cc21)OCCCO3. The van der Waals surface area contributed by atoms with Crippen molar-refractivity contribution in [1.29, 1.82) is 0 Å². The number of hydrogen-bond donors (Lipinski definition) is 2. The maximum Gasteiger partial charge on any atom is 0.161 e. The minimum atomic E-state index is 0.628. The number of fused-ring (bicyclic) bond motifs is 2. The van der Waals surface area contributed by atoms with Crippen LogP contribution in [0, 0.1) is 6.92 Å². The normalized spacial score (nSPS) is 16.9. The Bertz CT molecular complexity index is 927. The number of thiocarbonyl (C=S) groups is 1. The van der Waals surface area contributed by atoms with Crippen molar-refractivity contribution in [1.82, 2.24) is 5.32 Å². The summed E-state index contributed by atoms with van der Waals surface area (Å²) in [6.45, 7) is 4.20. The topological polar surface area (TPSA) is 42.5 Å². The Balaban J connectivity index is 1.62. The molecule has 4 rings (SSSR count). The lowest BCUT2D eigenvalue weighted by Gasteiger charge is -2.23. The highest BCUT2D eigenvalue weighted by molar-refractivity contribution is 7.81. The summed E-state index contributed by atoms with van der Waals surface area (Å²) >= 11 is 11.8. The average Bonchev–Trinajstić information content (AvgIpc) is 2.89. The molecule has 0 bridgehead atoms. The van der Waals surface area contributed by atoms with E-state index in [1.54, 1.807) is 0 Å². The van der Waals surface area contributed by atoms with Gasteiger partial charge in [-0.3, -0.25) is 0 Å². The summed E-state index contributed by atoms with van der Waals surface area (Å²) in [6.07, 6.45) is 3.79. The van der Waals surface area contributed by atoms with Gasteiger partial charge in [0.2, 0.25) is 0 Å². The third kappa shape index (κ3) is 3.89. The fourth-order valence-corrected chi connectivity index (χ4v) is 3.71. The Hall–Kier alpha value is -2.24. The second-order valence-corrected chi connectivity index (χ2v) is 7.49. The van der Waals surface area contributed by atoms with Gasteiger partial charge in [0.05, 0.1) is 13.2 Å². The molecule has 2 aliphatic rings. The summed E-state index contributed by atoms with van der Waals surface area (Å²) in [5.41, 5.74) is 5.24. The molecule has 2 N–H and O–H groups in total. The van der Waals surface area contributed by atoms with Gasteiger partial charge in [0.25, 0.3) is 0 Å². The van der Waals surface area contributed by atoms with E-state index in [0.717, 1.165) is 58.4 Å². The van der Waals surface area contributed by atoms with Crippen LogP contribution in [0.2, 0.25) is 5.02 Å². The number of nitrogens with one attached hydrogen (secondary N) is 2. The van der Waals surface area contributed by atoms with Crippen molar-refractivity contribution >= 4 is 40.2 Å². The Morgan fingerprint density at radius 2 is 2.00 bits per heavy atom. The molecular weight excluding hydrogens is 380 g/mol. The summed E-state index contributed by atoms with van der Waals surface area (Å²) < 4.78 is 11.7. The molecule has 2 aromatic rings. The first-order valence-corrected chi connectivity index (χ1v) is 9.85. The number of anilines is 1. The molecule has 0 unspecified atom stereocenters. The summed E-state index contributed by atoms with van der Waals surface area (Å²) in [6, 6.07) is 9.91. The van der Waals surface area contributed by atoms with Gasteiger partial charge in [0, 0.05) is 34.9 Å². The molecular formula is C21H21ClN2O2S. The molecule has 2 heterocycles. The van der Waals surface area contributed by atoms with Crippen LogP contribution in [0.3, 0.4) is 0 Å². The summed E-state index contributed by atoms with van der Waals surface area (Å²) in [4.78, 5) is 0.628. The van der Waals surface area contributed by atoms with Gasteiger partial charge in [-0.15, -0.1) is 0 Å². The molecule has 140 valence electrons. The van der Waals surface area contributed by atoms with Gasteiger partial charge in [-0.25, -0.2) is 0 Å². The molecule has 0 atom stereocenters. The first-order chi connectivity index (χ1) is 13.1. The van der Waals surface area contributed by atoms with Crippen molar-refractivity contribution in [2.75, 3.05) is 25.1 Å². The standard InChI is InChI=1S/C21H21ClN2O2S/c1-13-16(22)4-2-5-17(13)24-21(27)12-18-15-11-20-19(25-8-3-9-26-20)10-14(15)6-7-23-18/h2,4-5,10-12,23H,3,6-9H2,1H3,(H,24,27). The van der Waals surface area contributed by atoms with Crippen LogP contribution in [-0.2, 0) is 6.42 Å². The molecule has 0 spiro atoms. The lowest BCUT2D eigenvalue weighted by molar-refractivity contribution is 0.297. The van der Waals surface area contributed by atoms with E-state index in [0.29, 0.717) is 18.2 Å². The molecule has 0 fully saturated rings. The Labute approximate surface area is 169 Å². The Kier molecular flexibility index (Phi) is 5.23. The molecule has 0 aromatic heterocycles. The molecule has 0 saturated carbocycles. The molecule has 0 radical (unpaired) electrons. The number of benzene rings is 2. The molecule has 27 heavy (non-hydrogen) atoms. The van der Waals surface area contributed by atoms with Crippen molar-refractivity contribution in [2.24, 2.45) is 0 Å². The highest BCUT2D eigenvalue weighted by Gasteiger charge is 2.20. The number of rotatable bonds is 2. The van der Waals surface area contributed by atoms with Gasteiger partial charge in [-0.2, -0.15) is 0 Å². The molecule has 4 nitrogen and oxygen atoms in total. The van der Waals surface area contributed by atoms with Crippen LogP contribution in [0.4, 0.5) is 5.69 Å². The van der Waals surface area contributed by atoms with Crippen molar-refractivity contribution in [2.45, 2.75) is 19.8 Å². The lowest BCUT2D eigenvalue weighted by Crippen LogP contribution is -2.24. The van der Waals surface area contributed by atoms with E-state index in [-0.39, 0.29) is 0 Å². The third-order valence-corrected chi connectivity index (χ3v) is 5.40. The van der Waals surface area contributed by atoms with E-state index < -0.39 is 0 Å². The molecule has 6 heteroatoms. The van der Waals surface area contributed by atoms with E-state index in [9.17, 15) is 0 Å². The maximum atomic E-state index is 6.20. The van der Waals surface area contributed by atoms with Crippen LogP contribution in [0.1, 0.15) is 23.1 Å². The van der Waals surface area contributed by atoms with Crippen molar-refractivity contribution in [3.63, 3.8) is 0 Å². The van der Waals surface area contributed by atoms with Gasteiger partial charge >= 0.3 is 0 Å². The van der Waals surface area contributed by atoms with Gasteiger partial charge < -0.3 is 20.1 Å². The quantitative estimate of drug-likeness (QED) is 0.563. The van der Waals surface area contributed by atoms with Gasteiger partial charge in [0.1, 0.15) is 4.99 Å². The third-order valence-electron chi connectivity index (χ3n) is 4.77. The highest BCUT2D eigenvalue weighted by Crippen LogP contribution is 2.36. The molecule has 0 aliphatic carbocycles. The zero-order valence-corrected chi connectivity index (χ0v) is 16.7. The van der Waals surface area contributed by atoms with E-state index >= 15 is 0 Å². The number of ether oxygens (including phenoxy) is 2. The number of hydrogen-bond acceptors (Lipinski definition) is 4. The fraction of sp³-hybridized carbons (Fsp3) is 0.286. The van der Waals surface area contributed by atoms with Crippen molar-refractivity contribution in [3.05, 3.63) is 58.1 Å².